The molecule has 27 heavy (non-hydrogen) atoms. The molecule has 2 heteroatoms. The number of hydrogen-bond donors (Lipinski definition) is 0. The van der Waals surface area contributed by atoms with Gasteiger partial charge in [0.05, 0.1) is 5.57 Å². The number of benzene rings is 3. The number of hydrogen-bond acceptors (Lipinski definition) is 2. The topological polar surface area (TPSA) is 26.3 Å². The molecule has 1 aliphatic heterocycles. The van der Waals surface area contributed by atoms with Gasteiger partial charge in [-0.25, -0.2) is 4.79 Å². The lowest BCUT2D eigenvalue weighted by atomic mass is 10.0. The highest BCUT2D eigenvalue weighted by atomic mass is 16.5. The molecule has 3 aromatic carbocycles. The molecule has 0 saturated heterocycles. The molecule has 0 aromatic heterocycles. The summed E-state index contributed by atoms with van der Waals surface area (Å²) in [4.78, 5) is 12.1. The molecule has 0 fully saturated rings. The third-order valence-corrected chi connectivity index (χ3v) is 4.37. The van der Waals surface area contributed by atoms with Crippen LogP contribution in [0.2, 0.25) is 0 Å². The summed E-state index contributed by atoms with van der Waals surface area (Å²) >= 11 is 0. The van der Waals surface area contributed by atoms with Crippen LogP contribution >= 0.6 is 0 Å². The SMILES string of the molecule is O=C1OC(c2ccc(-c3ccccc3)cc2)=C/C1=C\C=C\c1ccccc1. The van der Waals surface area contributed by atoms with Crippen LogP contribution in [0.1, 0.15) is 11.1 Å². The molecule has 0 spiro atoms. The fraction of sp³-hybridized carbons (Fsp3) is 0. The first kappa shape index (κ1) is 16.8. The molecule has 0 atom stereocenters. The van der Waals surface area contributed by atoms with Crippen LogP contribution in [0.4, 0.5) is 0 Å². The van der Waals surface area contributed by atoms with Crippen molar-refractivity contribution in [3.8, 4) is 11.1 Å². The van der Waals surface area contributed by atoms with E-state index in [0.717, 1.165) is 22.3 Å². The van der Waals surface area contributed by atoms with Crippen molar-refractivity contribution < 1.29 is 9.53 Å². The van der Waals surface area contributed by atoms with E-state index in [0.29, 0.717) is 11.3 Å². The van der Waals surface area contributed by atoms with Gasteiger partial charge in [-0.1, -0.05) is 97.1 Å². The number of carbonyl (C=O) groups excluding carboxylic acids is 1. The molecule has 0 unspecified atom stereocenters. The fourth-order valence-electron chi connectivity index (χ4n) is 2.93. The highest BCUT2D eigenvalue weighted by Crippen LogP contribution is 2.28. The molecule has 0 amide bonds. The maximum absolute atomic E-state index is 12.1. The molecular formula is C25H18O2. The van der Waals surface area contributed by atoms with Crippen LogP contribution in [-0.4, -0.2) is 5.97 Å². The first-order valence-corrected chi connectivity index (χ1v) is 8.83. The van der Waals surface area contributed by atoms with Crippen molar-refractivity contribution in [3.63, 3.8) is 0 Å². The molecule has 3 aromatic rings. The first-order valence-electron chi connectivity index (χ1n) is 8.83. The Morgan fingerprint density at radius 2 is 1.26 bits per heavy atom. The van der Waals surface area contributed by atoms with Crippen molar-refractivity contribution in [2.24, 2.45) is 0 Å². The summed E-state index contributed by atoms with van der Waals surface area (Å²) in [7, 11) is 0. The van der Waals surface area contributed by atoms with Crippen molar-refractivity contribution in [3.05, 3.63) is 120 Å². The van der Waals surface area contributed by atoms with E-state index in [1.54, 1.807) is 12.2 Å². The molecule has 0 aliphatic carbocycles. The second kappa shape index (κ2) is 7.71. The molecular weight excluding hydrogens is 332 g/mol. The fourth-order valence-corrected chi connectivity index (χ4v) is 2.93. The van der Waals surface area contributed by atoms with Gasteiger partial charge in [0, 0.05) is 5.56 Å². The summed E-state index contributed by atoms with van der Waals surface area (Å²) in [6.07, 6.45) is 7.39. The van der Waals surface area contributed by atoms with Crippen molar-refractivity contribution in [2.45, 2.75) is 0 Å². The molecule has 0 N–H and O–H groups in total. The predicted molar refractivity (Wildman–Crippen MR) is 110 cm³/mol. The van der Waals surface area contributed by atoms with Gasteiger partial charge in [0.1, 0.15) is 5.76 Å². The van der Waals surface area contributed by atoms with Gasteiger partial charge in [0.2, 0.25) is 0 Å². The Kier molecular flexibility index (Phi) is 4.80. The van der Waals surface area contributed by atoms with Crippen LogP contribution in [0.15, 0.2) is 109 Å². The Bertz CT molecular complexity index is 1020. The monoisotopic (exact) mass is 350 g/mol. The number of ether oxygens (including phenoxy) is 1. The Balaban J connectivity index is 1.52. The Labute approximate surface area is 158 Å². The number of carbonyl (C=O) groups is 1. The van der Waals surface area contributed by atoms with Gasteiger partial charge in [-0.3, -0.25) is 0 Å². The zero-order valence-corrected chi connectivity index (χ0v) is 14.7. The van der Waals surface area contributed by atoms with E-state index in [1.807, 2.05) is 84.9 Å². The normalized spacial score (nSPS) is 15.2. The average molecular weight is 350 g/mol. The molecule has 1 heterocycles. The van der Waals surface area contributed by atoms with Crippen LogP contribution < -0.4 is 0 Å². The second-order valence-electron chi connectivity index (χ2n) is 6.23. The largest absolute Gasteiger partial charge is 0.422 e. The standard InChI is InChI=1S/C25H18O2/c26-25-23(13-7-10-19-8-3-1-4-9-19)18-24(27-25)22-16-14-21(15-17-22)20-11-5-2-6-12-20/h1-18H/b10-7+,23-13+. The summed E-state index contributed by atoms with van der Waals surface area (Å²) < 4.78 is 5.43. The minimum absolute atomic E-state index is 0.324. The van der Waals surface area contributed by atoms with Gasteiger partial charge in [-0.05, 0) is 28.8 Å². The third-order valence-electron chi connectivity index (χ3n) is 4.37. The maximum atomic E-state index is 12.1. The molecule has 0 radical (unpaired) electrons. The van der Waals surface area contributed by atoms with Gasteiger partial charge in [-0.2, -0.15) is 0 Å². The maximum Gasteiger partial charge on any atom is 0.343 e. The molecule has 0 bridgehead atoms. The van der Waals surface area contributed by atoms with Crippen LogP contribution in [0.3, 0.4) is 0 Å². The molecule has 130 valence electrons. The van der Waals surface area contributed by atoms with E-state index >= 15 is 0 Å². The van der Waals surface area contributed by atoms with Gasteiger partial charge in [-0.15, -0.1) is 0 Å². The van der Waals surface area contributed by atoms with Crippen molar-refractivity contribution >= 4 is 17.8 Å². The van der Waals surface area contributed by atoms with Crippen molar-refractivity contribution in [1.29, 1.82) is 0 Å². The second-order valence-corrected chi connectivity index (χ2v) is 6.23. The molecule has 4 rings (SSSR count). The van der Waals surface area contributed by atoms with Gasteiger partial charge in [0.25, 0.3) is 0 Å². The zero-order chi connectivity index (χ0) is 18.5. The molecule has 0 saturated carbocycles. The first-order chi connectivity index (χ1) is 13.3. The minimum atomic E-state index is -0.324. The lowest BCUT2D eigenvalue weighted by Gasteiger charge is -2.04. The van der Waals surface area contributed by atoms with Crippen molar-refractivity contribution in [1.82, 2.24) is 0 Å². The van der Waals surface area contributed by atoms with Crippen LogP contribution in [0, 0.1) is 0 Å². The van der Waals surface area contributed by atoms with Crippen molar-refractivity contribution in [2.75, 3.05) is 0 Å². The Hall–Kier alpha value is -3.65. The predicted octanol–water partition coefficient (Wildman–Crippen LogP) is 5.89. The summed E-state index contributed by atoms with van der Waals surface area (Å²) in [5, 5.41) is 0. The van der Waals surface area contributed by atoms with Gasteiger partial charge < -0.3 is 4.74 Å². The van der Waals surface area contributed by atoms with Crippen LogP contribution in [0.5, 0.6) is 0 Å². The smallest absolute Gasteiger partial charge is 0.343 e. The lowest BCUT2D eigenvalue weighted by Crippen LogP contribution is -1.96. The highest BCUT2D eigenvalue weighted by Gasteiger charge is 2.21. The van der Waals surface area contributed by atoms with E-state index < -0.39 is 0 Å². The number of cyclic esters (lactones) is 1. The van der Waals surface area contributed by atoms with Gasteiger partial charge >= 0.3 is 5.97 Å². The summed E-state index contributed by atoms with van der Waals surface area (Å²) in [6.45, 7) is 0. The Morgan fingerprint density at radius 3 is 1.96 bits per heavy atom. The molecule has 2 nitrogen and oxygen atoms in total. The number of rotatable bonds is 4. The third kappa shape index (κ3) is 3.96. The van der Waals surface area contributed by atoms with E-state index in [9.17, 15) is 4.79 Å². The summed E-state index contributed by atoms with van der Waals surface area (Å²) in [5.41, 5.74) is 4.81. The van der Waals surface area contributed by atoms with Crippen LogP contribution in [-0.2, 0) is 9.53 Å². The average Bonchev–Trinajstić information content (AvgIpc) is 3.10. The van der Waals surface area contributed by atoms with E-state index in [4.69, 9.17) is 4.74 Å². The highest BCUT2D eigenvalue weighted by molar-refractivity contribution is 6.01. The zero-order valence-electron chi connectivity index (χ0n) is 14.7. The summed E-state index contributed by atoms with van der Waals surface area (Å²) in [5.74, 6) is 0.258. The van der Waals surface area contributed by atoms with E-state index in [2.05, 4.69) is 12.1 Å². The minimum Gasteiger partial charge on any atom is -0.422 e. The molecule has 1 aliphatic rings. The van der Waals surface area contributed by atoms with E-state index in [-0.39, 0.29) is 5.97 Å². The van der Waals surface area contributed by atoms with Gasteiger partial charge in [0.15, 0.2) is 0 Å². The summed E-state index contributed by atoms with van der Waals surface area (Å²) in [6, 6.07) is 28.2. The Morgan fingerprint density at radius 1 is 0.667 bits per heavy atom. The quantitative estimate of drug-likeness (QED) is 0.433. The lowest BCUT2D eigenvalue weighted by molar-refractivity contribution is -0.130. The number of esters is 1. The van der Waals surface area contributed by atoms with E-state index in [1.165, 1.54) is 0 Å². The van der Waals surface area contributed by atoms with Crippen LogP contribution in [0.25, 0.3) is 23.0 Å². The number of allylic oxidation sites excluding steroid dienone is 2.